The molecule has 0 aromatic heterocycles. The second-order valence-electron chi connectivity index (χ2n) is 4.85. The Kier molecular flexibility index (Phi) is 5.72. The minimum atomic E-state index is -3.06. The molecule has 1 saturated carbocycles. The smallest absolute Gasteiger partial charge is 0.211 e. The zero-order valence-corrected chi connectivity index (χ0v) is 11.1. The first-order valence-corrected chi connectivity index (χ1v) is 7.83. The molecule has 0 unspecified atom stereocenters. The third kappa shape index (κ3) is 5.27. The lowest BCUT2D eigenvalue weighted by molar-refractivity contribution is 0.332. The number of hydrogen-bond donors (Lipinski definition) is 2. The van der Waals surface area contributed by atoms with Gasteiger partial charge in [-0.2, -0.15) is 0 Å². The van der Waals surface area contributed by atoms with Gasteiger partial charge in [-0.15, -0.1) is 0 Å². The molecule has 0 heterocycles. The molecule has 0 bridgehead atoms. The molecular weight excluding hydrogens is 224 g/mol. The molecular formula is C11H24N2O2S. The molecule has 0 amide bonds. The fraction of sp³-hybridized carbons (Fsp3) is 1.00. The monoisotopic (exact) mass is 248 g/mol. The molecule has 1 aliphatic rings. The SMILES string of the molecule is CNCCCS(=O)(=O)NC1CCC(C)CC1. The summed E-state index contributed by atoms with van der Waals surface area (Å²) in [7, 11) is -1.23. The van der Waals surface area contributed by atoms with Crippen LogP contribution in [-0.4, -0.2) is 33.8 Å². The number of hydrogen-bond acceptors (Lipinski definition) is 3. The fourth-order valence-corrected chi connectivity index (χ4v) is 3.52. The van der Waals surface area contributed by atoms with Crippen LogP contribution in [0.15, 0.2) is 0 Å². The van der Waals surface area contributed by atoms with E-state index in [0.717, 1.165) is 38.1 Å². The molecule has 0 aromatic rings. The lowest BCUT2D eigenvalue weighted by Gasteiger charge is -2.26. The van der Waals surface area contributed by atoms with Crippen molar-refractivity contribution in [3.8, 4) is 0 Å². The van der Waals surface area contributed by atoms with Gasteiger partial charge >= 0.3 is 0 Å². The number of sulfonamides is 1. The molecule has 0 radical (unpaired) electrons. The Labute approximate surface area is 99.2 Å². The summed E-state index contributed by atoms with van der Waals surface area (Å²) in [5, 5.41) is 2.96. The van der Waals surface area contributed by atoms with E-state index in [1.807, 2.05) is 7.05 Å². The number of rotatable bonds is 6. The summed E-state index contributed by atoms with van der Waals surface area (Å²) in [5.74, 6) is 0.991. The van der Waals surface area contributed by atoms with Gasteiger partial charge < -0.3 is 5.32 Å². The quantitative estimate of drug-likeness (QED) is 0.692. The van der Waals surface area contributed by atoms with E-state index in [4.69, 9.17) is 0 Å². The summed E-state index contributed by atoms with van der Waals surface area (Å²) in [6, 6.07) is 0.177. The minimum Gasteiger partial charge on any atom is -0.320 e. The van der Waals surface area contributed by atoms with Crippen LogP contribution in [-0.2, 0) is 10.0 Å². The maximum absolute atomic E-state index is 11.7. The van der Waals surface area contributed by atoms with E-state index in [9.17, 15) is 8.42 Å². The molecule has 0 aliphatic heterocycles. The second-order valence-corrected chi connectivity index (χ2v) is 6.72. The topological polar surface area (TPSA) is 58.2 Å². The van der Waals surface area contributed by atoms with Crippen LogP contribution in [0.25, 0.3) is 0 Å². The van der Waals surface area contributed by atoms with Crippen molar-refractivity contribution in [3.63, 3.8) is 0 Å². The zero-order chi connectivity index (χ0) is 12.0. The van der Waals surface area contributed by atoms with Crippen molar-refractivity contribution in [2.24, 2.45) is 5.92 Å². The van der Waals surface area contributed by atoms with Crippen LogP contribution in [0.4, 0.5) is 0 Å². The van der Waals surface area contributed by atoms with E-state index in [1.54, 1.807) is 0 Å². The summed E-state index contributed by atoms with van der Waals surface area (Å²) < 4.78 is 26.3. The molecule has 4 nitrogen and oxygen atoms in total. The summed E-state index contributed by atoms with van der Waals surface area (Å²) in [5.41, 5.74) is 0. The van der Waals surface area contributed by atoms with E-state index < -0.39 is 10.0 Å². The van der Waals surface area contributed by atoms with E-state index in [2.05, 4.69) is 17.0 Å². The Balaban J connectivity index is 2.29. The van der Waals surface area contributed by atoms with Gasteiger partial charge in [0.1, 0.15) is 0 Å². The van der Waals surface area contributed by atoms with Crippen LogP contribution in [0.1, 0.15) is 39.0 Å². The van der Waals surface area contributed by atoms with Crippen LogP contribution < -0.4 is 10.0 Å². The van der Waals surface area contributed by atoms with Gasteiger partial charge in [0.2, 0.25) is 10.0 Å². The largest absolute Gasteiger partial charge is 0.320 e. The van der Waals surface area contributed by atoms with Crippen molar-refractivity contribution >= 4 is 10.0 Å². The van der Waals surface area contributed by atoms with Gasteiger partial charge in [-0.3, -0.25) is 0 Å². The Morgan fingerprint density at radius 3 is 2.38 bits per heavy atom. The van der Waals surface area contributed by atoms with E-state index >= 15 is 0 Å². The first kappa shape index (κ1) is 13.9. The van der Waals surface area contributed by atoms with Crippen molar-refractivity contribution in [3.05, 3.63) is 0 Å². The maximum atomic E-state index is 11.7. The standard InChI is InChI=1S/C11H24N2O2S/c1-10-4-6-11(7-5-10)13-16(14,15)9-3-8-12-2/h10-13H,3-9H2,1-2H3. The highest BCUT2D eigenvalue weighted by Crippen LogP contribution is 2.23. The van der Waals surface area contributed by atoms with Crippen LogP contribution in [0.3, 0.4) is 0 Å². The Hall–Kier alpha value is -0.130. The Morgan fingerprint density at radius 2 is 1.81 bits per heavy atom. The summed E-state index contributed by atoms with van der Waals surface area (Å²) >= 11 is 0. The van der Waals surface area contributed by atoms with Gasteiger partial charge in [0.25, 0.3) is 0 Å². The Morgan fingerprint density at radius 1 is 1.19 bits per heavy atom. The molecule has 1 fully saturated rings. The van der Waals surface area contributed by atoms with Crippen molar-refractivity contribution in [1.29, 1.82) is 0 Å². The third-order valence-electron chi connectivity index (χ3n) is 3.20. The normalized spacial score (nSPS) is 26.9. The van der Waals surface area contributed by atoms with Gasteiger partial charge in [0.15, 0.2) is 0 Å². The van der Waals surface area contributed by atoms with E-state index in [0.29, 0.717) is 6.42 Å². The predicted octanol–water partition coefficient (Wildman–Crippen LogP) is 1.09. The summed E-state index contributed by atoms with van der Waals surface area (Å²) in [4.78, 5) is 0. The molecule has 1 aliphatic carbocycles. The van der Waals surface area contributed by atoms with Crippen molar-refractivity contribution in [1.82, 2.24) is 10.0 Å². The van der Waals surface area contributed by atoms with Gasteiger partial charge in [-0.1, -0.05) is 6.92 Å². The fourth-order valence-electron chi connectivity index (χ4n) is 2.13. The van der Waals surface area contributed by atoms with Crippen LogP contribution in [0.5, 0.6) is 0 Å². The van der Waals surface area contributed by atoms with Gasteiger partial charge in [-0.25, -0.2) is 13.1 Å². The van der Waals surface area contributed by atoms with Crippen molar-refractivity contribution < 1.29 is 8.42 Å². The highest BCUT2D eigenvalue weighted by atomic mass is 32.2. The summed E-state index contributed by atoms with van der Waals surface area (Å²) in [6.07, 6.45) is 4.95. The molecule has 5 heteroatoms. The minimum absolute atomic E-state index is 0.177. The first-order chi connectivity index (χ1) is 7.53. The van der Waals surface area contributed by atoms with E-state index in [1.165, 1.54) is 0 Å². The number of nitrogens with one attached hydrogen (secondary N) is 2. The van der Waals surface area contributed by atoms with Crippen molar-refractivity contribution in [2.45, 2.75) is 45.1 Å². The zero-order valence-electron chi connectivity index (χ0n) is 10.3. The second kappa shape index (κ2) is 6.57. The van der Waals surface area contributed by atoms with Crippen LogP contribution >= 0.6 is 0 Å². The molecule has 0 atom stereocenters. The van der Waals surface area contributed by atoms with Crippen LogP contribution in [0.2, 0.25) is 0 Å². The molecule has 96 valence electrons. The molecule has 0 spiro atoms. The summed E-state index contributed by atoms with van der Waals surface area (Å²) in [6.45, 7) is 2.99. The van der Waals surface area contributed by atoms with Gasteiger partial charge in [0.05, 0.1) is 5.75 Å². The van der Waals surface area contributed by atoms with Crippen LogP contribution in [0, 0.1) is 5.92 Å². The predicted molar refractivity (Wildman–Crippen MR) is 66.9 cm³/mol. The van der Waals surface area contributed by atoms with Crippen molar-refractivity contribution in [2.75, 3.05) is 19.3 Å². The lowest BCUT2D eigenvalue weighted by atomic mass is 9.88. The lowest BCUT2D eigenvalue weighted by Crippen LogP contribution is -2.39. The molecule has 0 saturated heterocycles. The molecule has 1 rings (SSSR count). The average Bonchev–Trinajstić information content (AvgIpc) is 2.21. The van der Waals surface area contributed by atoms with Gasteiger partial charge in [0, 0.05) is 6.04 Å². The average molecular weight is 248 g/mol. The Bertz CT molecular complexity index is 282. The molecule has 16 heavy (non-hydrogen) atoms. The maximum Gasteiger partial charge on any atom is 0.211 e. The first-order valence-electron chi connectivity index (χ1n) is 6.18. The third-order valence-corrected chi connectivity index (χ3v) is 4.72. The molecule has 0 aromatic carbocycles. The van der Waals surface area contributed by atoms with Gasteiger partial charge in [-0.05, 0) is 51.6 Å². The highest BCUT2D eigenvalue weighted by Gasteiger charge is 2.22. The highest BCUT2D eigenvalue weighted by molar-refractivity contribution is 7.89. The molecule has 2 N–H and O–H groups in total. The van der Waals surface area contributed by atoms with E-state index in [-0.39, 0.29) is 11.8 Å².